The SMILES string of the molecule is COc1ccc(CN2C(=S)N[C@@H](c3ccccn3)[C@@H]2c2c(C)[nH]c(C)c2I)cc1. The van der Waals surface area contributed by atoms with Crippen molar-refractivity contribution in [1.29, 1.82) is 0 Å². The van der Waals surface area contributed by atoms with Crippen LogP contribution in [0.4, 0.5) is 0 Å². The summed E-state index contributed by atoms with van der Waals surface area (Å²) in [6, 6.07) is 14.2. The van der Waals surface area contributed by atoms with E-state index in [2.05, 4.69) is 74.8 Å². The Balaban J connectivity index is 1.76. The third kappa shape index (κ3) is 3.85. The van der Waals surface area contributed by atoms with Gasteiger partial charge in [0.15, 0.2) is 5.11 Å². The first-order chi connectivity index (χ1) is 14.0. The quantitative estimate of drug-likeness (QED) is 0.375. The van der Waals surface area contributed by atoms with Gasteiger partial charge < -0.3 is 19.9 Å². The van der Waals surface area contributed by atoms with Crippen LogP contribution in [-0.4, -0.2) is 27.1 Å². The first-order valence-electron chi connectivity index (χ1n) is 9.45. The van der Waals surface area contributed by atoms with E-state index in [1.165, 1.54) is 26.1 Å². The van der Waals surface area contributed by atoms with Crippen molar-refractivity contribution < 1.29 is 4.74 Å². The Kier molecular flexibility index (Phi) is 5.78. The molecule has 1 aliphatic heterocycles. The number of nitrogens with one attached hydrogen (secondary N) is 2. The molecule has 3 aromatic rings. The van der Waals surface area contributed by atoms with Crippen molar-refractivity contribution in [3.63, 3.8) is 0 Å². The molecule has 5 nitrogen and oxygen atoms in total. The van der Waals surface area contributed by atoms with Crippen molar-refractivity contribution in [1.82, 2.24) is 20.2 Å². The van der Waals surface area contributed by atoms with Crippen molar-refractivity contribution >= 4 is 39.9 Å². The number of rotatable bonds is 5. The number of H-pyrrole nitrogens is 1. The van der Waals surface area contributed by atoms with Crippen molar-refractivity contribution in [2.45, 2.75) is 32.5 Å². The standard InChI is InChI=1S/C22H23IN4OS/c1-13-18(19(23)14(2)25-13)21-20(17-6-4-5-11-24-17)26-22(29)27(21)12-15-7-9-16(28-3)10-8-15/h4-11,20-21,25H,12H2,1-3H3,(H,26,29)/t20-,21-/m0/s1. The van der Waals surface area contributed by atoms with Gasteiger partial charge in [0.2, 0.25) is 0 Å². The van der Waals surface area contributed by atoms with Crippen molar-refractivity contribution in [3.8, 4) is 5.75 Å². The number of ether oxygens (including phenoxy) is 1. The van der Waals surface area contributed by atoms with E-state index < -0.39 is 0 Å². The zero-order valence-corrected chi connectivity index (χ0v) is 19.5. The monoisotopic (exact) mass is 518 g/mol. The van der Waals surface area contributed by atoms with Gasteiger partial charge >= 0.3 is 0 Å². The molecule has 1 saturated heterocycles. The van der Waals surface area contributed by atoms with Crippen LogP contribution in [0.25, 0.3) is 0 Å². The van der Waals surface area contributed by atoms with Crippen molar-refractivity contribution in [3.05, 3.63) is 80.4 Å². The van der Waals surface area contributed by atoms with Crippen molar-refractivity contribution in [2.75, 3.05) is 7.11 Å². The van der Waals surface area contributed by atoms with Crippen LogP contribution >= 0.6 is 34.8 Å². The van der Waals surface area contributed by atoms with E-state index in [0.29, 0.717) is 6.54 Å². The summed E-state index contributed by atoms with van der Waals surface area (Å²) in [6.45, 7) is 4.96. The van der Waals surface area contributed by atoms with Crippen molar-refractivity contribution in [2.24, 2.45) is 0 Å². The summed E-state index contributed by atoms with van der Waals surface area (Å²) in [5.41, 5.74) is 5.80. The molecule has 1 aliphatic rings. The number of thiocarbonyl (C=S) groups is 1. The van der Waals surface area contributed by atoms with Crippen LogP contribution in [0.2, 0.25) is 0 Å². The van der Waals surface area contributed by atoms with Gasteiger partial charge in [0.1, 0.15) is 5.75 Å². The molecule has 1 aromatic carbocycles. The van der Waals surface area contributed by atoms with Crippen LogP contribution < -0.4 is 10.1 Å². The number of halogens is 1. The normalized spacial score (nSPS) is 18.8. The molecule has 0 spiro atoms. The lowest BCUT2D eigenvalue weighted by Gasteiger charge is -2.28. The van der Waals surface area contributed by atoms with E-state index in [9.17, 15) is 0 Å². The summed E-state index contributed by atoms with van der Waals surface area (Å²) in [7, 11) is 1.68. The minimum absolute atomic E-state index is 0.00985. The molecular weight excluding hydrogens is 495 g/mol. The Morgan fingerprint density at radius 3 is 2.48 bits per heavy atom. The van der Waals surface area contributed by atoms with Crippen LogP contribution in [0.3, 0.4) is 0 Å². The van der Waals surface area contributed by atoms with Gasteiger partial charge in [-0.2, -0.15) is 0 Å². The Morgan fingerprint density at radius 1 is 1.14 bits per heavy atom. The fraction of sp³-hybridized carbons (Fsp3) is 0.273. The van der Waals surface area contributed by atoms with E-state index in [1.807, 2.05) is 30.5 Å². The topological polar surface area (TPSA) is 53.2 Å². The molecule has 7 heteroatoms. The van der Waals surface area contributed by atoms with Gasteiger partial charge in [0, 0.05) is 33.3 Å². The molecule has 0 bridgehead atoms. The van der Waals surface area contributed by atoms with Gasteiger partial charge in [-0.3, -0.25) is 4.98 Å². The van der Waals surface area contributed by atoms with E-state index in [4.69, 9.17) is 17.0 Å². The molecule has 2 atom stereocenters. The Bertz CT molecular complexity index is 1020. The molecule has 1 fully saturated rings. The van der Waals surface area contributed by atoms with Gasteiger partial charge in [-0.15, -0.1) is 0 Å². The zero-order valence-electron chi connectivity index (χ0n) is 16.6. The molecule has 0 amide bonds. The lowest BCUT2D eigenvalue weighted by Crippen LogP contribution is -2.29. The molecule has 0 unspecified atom stereocenters. The predicted molar refractivity (Wildman–Crippen MR) is 127 cm³/mol. The number of hydrogen-bond donors (Lipinski definition) is 2. The average molecular weight is 518 g/mol. The highest BCUT2D eigenvalue weighted by Gasteiger charge is 2.42. The minimum atomic E-state index is -0.00985. The van der Waals surface area contributed by atoms with Crippen LogP contribution in [0, 0.1) is 17.4 Å². The second kappa shape index (κ2) is 8.31. The molecule has 2 aromatic heterocycles. The summed E-state index contributed by atoms with van der Waals surface area (Å²) in [5.74, 6) is 0.852. The van der Waals surface area contributed by atoms with Crippen LogP contribution in [-0.2, 0) is 6.54 Å². The van der Waals surface area contributed by atoms with E-state index in [1.54, 1.807) is 7.11 Å². The summed E-state index contributed by atoms with van der Waals surface area (Å²) < 4.78 is 6.54. The highest BCUT2D eigenvalue weighted by molar-refractivity contribution is 14.1. The Hall–Kier alpha value is -2.13. The molecule has 150 valence electrons. The predicted octanol–water partition coefficient (Wildman–Crippen LogP) is 4.81. The van der Waals surface area contributed by atoms with Gasteiger partial charge in [-0.05, 0) is 78.5 Å². The maximum Gasteiger partial charge on any atom is 0.170 e. The smallest absolute Gasteiger partial charge is 0.170 e. The van der Waals surface area contributed by atoms with E-state index in [0.717, 1.165) is 16.6 Å². The summed E-state index contributed by atoms with van der Waals surface area (Å²) >= 11 is 8.22. The maximum atomic E-state index is 5.79. The molecule has 3 heterocycles. The Morgan fingerprint density at radius 2 is 1.90 bits per heavy atom. The second-order valence-corrected chi connectivity index (χ2v) is 8.67. The van der Waals surface area contributed by atoms with Gasteiger partial charge in [0.25, 0.3) is 0 Å². The van der Waals surface area contributed by atoms with Gasteiger partial charge in [0.05, 0.1) is 24.9 Å². The lowest BCUT2D eigenvalue weighted by atomic mass is 9.96. The van der Waals surface area contributed by atoms with E-state index >= 15 is 0 Å². The number of methoxy groups -OCH3 is 1. The molecule has 29 heavy (non-hydrogen) atoms. The molecule has 0 aliphatic carbocycles. The van der Waals surface area contributed by atoms with Crippen LogP contribution in [0.1, 0.15) is 40.3 Å². The zero-order chi connectivity index (χ0) is 20.5. The molecule has 0 radical (unpaired) electrons. The summed E-state index contributed by atoms with van der Waals surface area (Å²) in [4.78, 5) is 10.4. The number of aromatic amines is 1. The second-order valence-electron chi connectivity index (χ2n) is 7.21. The lowest BCUT2D eigenvalue weighted by molar-refractivity contribution is 0.309. The number of nitrogens with zero attached hydrogens (tertiary/aromatic N) is 2. The molecule has 2 N–H and O–H groups in total. The number of pyridine rings is 1. The molecule has 0 saturated carbocycles. The van der Waals surface area contributed by atoms with Gasteiger partial charge in [-0.25, -0.2) is 0 Å². The average Bonchev–Trinajstić information content (AvgIpc) is 3.18. The Labute approximate surface area is 190 Å². The highest BCUT2D eigenvalue weighted by atomic mass is 127. The fourth-order valence-electron chi connectivity index (χ4n) is 3.94. The molecule has 4 rings (SSSR count). The number of hydrogen-bond acceptors (Lipinski definition) is 3. The minimum Gasteiger partial charge on any atom is -0.497 e. The molecular formula is C22H23IN4OS. The highest BCUT2D eigenvalue weighted by Crippen LogP contribution is 2.43. The fourth-order valence-corrected chi connectivity index (χ4v) is 5.10. The third-order valence-electron chi connectivity index (χ3n) is 5.35. The number of aryl methyl sites for hydroxylation is 2. The summed E-state index contributed by atoms with van der Waals surface area (Å²) in [6.07, 6.45) is 1.84. The number of aromatic nitrogens is 2. The first kappa shape index (κ1) is 20.2. The number of benzene rings is 1. The van der Waals surface area contributed by atoms with Crippen LogP contribution in [0.15, 0.2) is 48.7 Å². The van der Waals surface area contributed by atoms with Gasteiger partial charge in [-0.1, -0.05) is 18.2 Å². The summed E-state index contributed by atoms with van der Waals surface area (Å²) in [5, 5.41) is 4.27. The van der Waals surface area contributed by atoms with Crippen LogP contribution in [0.5, 0.6) is 5.75 Å². The van der Waals surface area contributed by atoms with E-state index in [-0.39, 0.29) is 12.1 Å². The maximum absolute atomic E-state index is 5.79. The first-order valence-corrected chi connectivity index (χ1v) is 10.9. The largest absolute Gasteiger partial charge is 0.497 e. The third-order valence-corrected chi connectivity index (χ3v) is 7.09.